The van der Waals surface area contributed by atoms with E-state index < -0.39 is 34.7 Å². The van der Waals surface area contributed by atoms with E-state index in [0.29, 0.717) is 40.3 Å². The Hall–Kier alpha value is -2.70. The van der Waals surface area contributed by atoms with Gasteiger partial charge in [0.2, 0.25) is 10.0 Å². The third-order valence-corrected chi connectivity index (χ3v) is 9.54. The Morgan fingerprint density at radius 1 is 1.12 bits per heavy atom. The van der Waals surface area contributed by atoms with Gasteiger partial charge in [0.25, 0.3) is 0 Å². The molecule has 8 nitrogen and oxygen atoms in total. The first-order chi connectivity index (χ1) is 19.5. The lowest BCUT2D eigenvalue weighted by atomic mass is 9.99. The number of hydrogen-bond donors (Lipinski definition) is 1. The van der Waals surface area contributed by atoms with Crippen molar-refractivity contribution < 1.29 is 41.5 Å². The molecule has 1 aliphatic carbocycles. The number of halogens is 4. The molecule has 4 rings (SSSR count). The van der Waals surface area contributed by atoms with E-state index in [1.165, 1.54) is 44.3 Å². The molecule has 2 aromatic rings. The maximum absolute atomic E-state index is 13.4. The second kappa shape index (κ2) is 13.5. The lowest BCUT2D eigenvalue weighted by Crippen LogP contribution is -2.79. The normalized spacial score (nSPS) is 17.3. The molecule has 0 unspecified atom stereocenters. The first-order valence-electron chi connectivity index (χ1n) is 13.0. The molecule has 1 fully saturated rings. The summed E-state index contributed by atoms with van der Waals surface area (Å²) < 4.78 is 69.6. The van der Waals surface area contributed by atoms with Crippen LogP contribution in [-0.2, 0) is 19.6 Å². The van der Waals surface area contributed by atoms with Crippen LogP contribution in [0.2, 0.25) is 0 Å². The van der Waals surface area contributed by atoms with Crippen LogP contribution in [0.3, 0.4) is 0 Å². The van der Waals surface area contributed by atoms with E-state index in [1.807, 2.05) is 0 Å². The van der Waals surface area contributed by atoms with Gasteiger partial charge in [-0.25, -0.2) is 8.42 Å². The molecule has 0 spiro atoms. The SMILES string of the molecule is C[C@H](C(=O)O[C@@H](CC1=C(Cl)C[NH2+]C=C1Cl)c1ccc(OC(F)F)c(OCC2CC2)c1)N(C)S(=O)(=O)c1ccccc1. The van der Waals surface area contributed by atoms with E-state index in [1.54, 1.807) is 29.7 Å². The number of nitrogens with zero attached hydrogens (tertiary/aromatic N) is 1. The number of carbonyl (C=O) groups excluding carboxylic acids is 1. The van der Waals surface area contributed by atoms with Crippen LogP contribution in [0.4, 0.5) is 8.78 Å². The van der Waals surface area contributed by atoms with Gasteiger partial charge in [-0.2, -0.15) is 13.1 Å². The highest BCUT2D eigenvalue weighted by Gasteiger charge is 2.33. The molecule has 2 aromatic carbocycles. The number of allylic oxidation sites excluding steroid dienone is 1. The van der Waals surface area contributed by atoms with Crippen LogP contribution in [-0.4, -0.2) is 51.5 Å². The lowest BCUT2D eigenvalue weighted by Gasteiger charge is -2.27. The van der Waals surface area contributed by atoms with Crippen LogP contribution in [0.25, 0.3) is 0 Å². The Morgan fingerprint density at radius 2 is 1.83 bits per heavy atom. The fourth-order valence-electron chi connectivity index (χ4n) is 4.12. The summed E-state index contributed by atoms with van der Waals surface area (Å²) in [4.78, 5) is 13.4. The van der Waals surface area contributed by atoms with E-state index in [0.717, 1.165) is 17.1 Å². The zero-order valence-electron chi connectivity index (χ0n) is 22.4. The van der Waals surface area contributed by atoms with Gasteiger partial charge in [0, 0.05) is 19.0 Å². The van der Waals surface area contributed by atoms with Gasteiger partial charge in [0.15, 0.2) is 11.5 Å². The Morgan fingerprint density at radius 3 is 2.46 bits per heavy atom. The molecule has 13 heteroatoms. The number of alkyl halides is 2. The van der Waals surface area contributed by atoms with Gasteiger partial charge in [-0.05, 0) is 55.5 Å². The summed E-state index contributed by atoms with van der Waals surface area (Å²) in [7, 11) is -2.71. The molecule has 2 atom stereocenters. The smallest absolute Gasteiger partial charge is 0.387 e. The largest absolute Gasteiger partial charge is 0.489 e. The molecule has 0 bridgehead atoms. The third-order valence-electron chi connectivity index (χ3n) is 6.86. The lowest BCUT2D eigenvalue weighted by molar-refractivity contribution is -0.580. The van der Waals surface area contributed by atoms with Crippen molar-refractivity contribution in [2.24, 2.45) is 5.92 Å². The quantitative estimate of drug-likeness (QED) is 0.316. The average molecular weight is 633 g/mol. The van der Waals surface area contributed by atoms with Crippen molar-refractivity contribution in [3.8, 4) is 11.5 Å². The summed E-state index contributed by atoms with van der Waals surface area (Å²) in [6.07, 6.45) is 2.69. The Labute approximate surface area is 247 Å². The third kappa shape index (κ3) is 7.98. The number of rotatable bonds is 13. The van der Waals surface area contributed by atoms with Crippen molar-refractivity contribution in [3.63, 3.8) is 0 Å². The molecule has 222 valence electrons. The Kier molecular flexibility index (Phi) is 10.3. The maximum Gasteiger partial charge on any atom is 0.387 e. The zero-order valence-corrected chi connectivity index (χ0v) is 24.8. The average Bonchev–Trinajstić information content (AvgIpc) is 3.78. The Balaban J connectivity index is 1.64. The van der Waals surface area contributed by atoms with E-state index in [9.17, 15) is 22.0 Å². The monoisotopic (exact) mass is 631 g/mol. The molecule has 1 aliphatic heterocycles. The number of carbonyl (C=O) groups is 1. The predicted molar refractivity (Wildman–Crippen MR) is 149 cm³/mol. The van der Waals surface area contributed by atoms with E-state index in [4.69, 9.17) is 32.7 Å². The van der Waals surface area contributed by atoms with Crippen LogP contribution in [0.15, 0.2) is 75.3 Å². The second-order valence-corrected chi connectivity index (χ2v) is 12.7. The highest BCUT2D eigenvalue weighted by Crippen LogP contribution is 2.39. The van der Waals surface area contributed by atoms with Crippen LogP contribution in [0, 0.1) is 5.92 Å². The number of likely N-dealkylation sites (N-methyl/N-ethyl adjacent to an activating group) is 1. The minimum absolute atomic E-state index is 0.0260. The molecule has 2 N–H and O–H groups in total. The van der Waals surface area contributed by atoms with Crippen LogP contribution < -0.4 is 14.8 Å². The zero-order chi connectivity index (χ0) is 29.7. The van der Waals surface area contributed by atoms with Crippen LogP contribution in [0.1, 0.15) is 37.9 Å². The van der Waals surface area contributed by atoms with Crippen LogP contribution in [0.5, 0.6) is 11.5 Å². The van der Waals surface area contributed by atoms with E-state index >= 15 is 0 Å². The second-order valence-electron chi connectivity index (χ2n) is 9.82. The van der Waals surface area contributed by atoms with Crippen molar-refractivity contribution in [2.45, 2.75) is 49.8 Å². The van der Waals surface area contributed by atoms with E-state index in [-0.39, 0.29) is 22.8 Å². The molecule has 1 heterocycles. The summed E-state index contributed by atoms with van der Waals surface area (Å²) >= 11 is 12.9. The molecular formula is C28H31Cl2F2N2O6S+. The molecule has 2 aliphatic rings. The maximum atomic E-state index is 13.4. The molecule has 41 heavy (non-hydrogen) atoms. The van der Waals surface area contributed by atoms with Crippen molar-refractivity contribution in [1.29, 1.82) is 0 Å². The first kappa shape index (κ1) is 31.2. The fourth-order valence-corrected chi connectivity index (χ4v) is 6.05. The number of quaternary nitrogens is 1. The van der Waals surface area contributed by atoms with Crippen molar-refractivity contribution in [1.82, 2.24) is 4.31 Å². The van der Waals surface area contributed by atoms with Gasteiger partial charge >= 0.3 is 12.6 Å². The number of esters is 1. The molecule has 1 saturated carbocycles. The van der Waals surface area contributed by atoms with Crippen molar-refractivity contribution >= 4 is 39.2 Å². The highest BCUT2D eigenvalue weighted by molar-refractivity contribution is 7.89. The molecular weight excluding hydrogens is 601 g/mol. The van der Waals surface area contributed by atoms with Gasteiger partial charge in [-0.15, -0.1) is 0 Å². The number of ether oxygens (including phenoxy) is 3. The van der Waals surface area contributed by atoms with Gasteiger partial charge in [-0.1, -0.05) is 47.5 Å². The van der Waals surface area contributed by atoms with E-state index in [2.05, 4.69) is 4.74 Å². The van der Waals surface area contributed by atoms with Gasteiger partial charge in [-0.3, -0.25) is 4.79 Å². The molecule has 0 radical (unpaired) electrons. The molecule has 0 saturated heterocycles. The summed E-state index contributed by atoms with van der Waals surface area (Å²) in [5, 5.41) is 2.61. The summed E-state index contributed by atoms with van der Waals surface area (Å²) in [5.41, 5.74) is 0.947. The summed E-state index contributed by atoms with van der Waals surface area (Å²) in [6, 6.07) is 10.8. The first-order valence-corrected chi connectivity index (χ1v) is 15.2. The molecule has 0 aromatic heterocycles. The Bertz CT molecular complexity index is 1420. The fraction of sp³-hybridized carbons (Fsp3) is 0.393. The van der Waals surface area contributed by atoms with Gasteiger partial charge in [0.1, 0.15) is 24.9 Å². The number of nitrogens with two attached hydrogens (primary N) is 1. The van der Waals surface area contributed by atoms with Gasteiger partial charge < -0.3 is 19.5 Å². The minimum Gasteiger partial charge on any atom is -0.489 e. The number of hydrogen-bond acceptors (Lipinski definition) is 6. The highest BCUT2D eigenvalue weighted by atomic mass is 35.5. The topological polar surface area (TPSA) is 98.8 Å². The summed E-state index contributed by atoms with van der Waals surface area (Å²) in [5.74, 6) is -0.573. The summed E-state index contributed by atoms with van der Waals surface area (Å²) in [6.45, 7) is -0.891. The van der Waals surface area contributed by atoms with Crippen LogP contribution >= 0.6 is 23.2 Å². The van der Waals surface area contributed by atoms with Crippen molar-refractivity contribution in [2.75, 3.05) is 20.2 Å². The minimum atomic E-state index is -4.00. The number of benzene rings is 2. The number of sulfonamides is 1. The standard InChI is InChI=1S/C28H30Cl2F2N2O6S/c1-17(34(2)41(36,37)20-6-4-3-5-7-20)27(35)39-25(13-21-22(29)14-33-15-23(21)30)19-10-11-24(40-28(31)32)26(12-19)38-16-18-8-9-18/h3-7,10-12,14,17-18,25,28,33H,8-9,13,15-16H2,1-2H3/p+1/t17-,25+/m1/s1. The predicted octanol–water partition coefficient (Wildman–Crippen LogP) is 4.91. The van der Waals surface area contributed by atoms with Crippen molar-refractivity contribution in [3.05, 3.63) is 75.9 Å². The molecule has 0 amide bonds. The van der Waals surface area contributed by atoms with Gasteiger partial charge in [0.05, 0.1) is 21.6 Å².